The summed E-state index contributed by atoms with van der Waals surface area (Å²) in [5.74, 6) is -0.379. The maximum atomic E-state index is 13.3. The van der Waals surface area contributed by atoms with E-state index in [0.29, 0.717) is 35.8 Å². The Kier molecular flexibility index (Phi) is 4.90. The quantitative estimate of drug-likeness (QED) is 0.792. The van der Waals surface area contributed by atoms with Crippen LogP contribution in [-0.2, 0) is 11.2 Å². The second-order valence-electron chi connectivity index (χ2n) is 5.74. The number of hydrazone groups is 1. The van der Waals surface area contributed by atoms with E-state index in [4.69, 9.17) is 11.6 Å². The number of rotatable bonds is 4. The van der Waals surface area contributed by atoms with E-state index in [1.807, 2.05) is 25.1 Å². The first-order valence-electron chi connectivity index (χ1n) is 7.79. The lowest BCUT2D eigenvalue weighted by atomic mass is 10.1. The zero-order valence-electron chi connectivity index (χ0n) is 13.3. The van der Waals surface area contributed by atoms with Crippen molar-refractivity contribution in [1.29, 1.82) is 0 Å². The highest BCUT2D eigenvalue weighted by Gasteiger charge is 2.21. The molecule has 4 nitrogen and oxygen atoms in total. The Hall–Kier alpha value is -2.27. The van der Waals surface area contributed by atoms with E-state index in [0.717, 1.165) is 17.7 Å². The first-order valence-corrected chi connectivity index (χ1v) is 8.16. The molecule has 0 saturated carbocycles. The molecule has 24 heavy (non-hydrogen) atoms. The molecule has 2 aromatic rings. The third kappa shape index (κ3) is 3.79. The second-order valence-corrected chi connectivity index (χ2v) is 6.15. The lowest BCUT2D eigenvalue weighted by molar-refractivity contribution is -0.127. The van der Waals surface area contributed by atoms with Gasteiger partial charge in [-0.25, -0.2) is 9.40 Å². The van der Waals surface area contributed by atoms with Crippen LogP contribution in [0, 0.1) is 12.7 Å². The van der Waals surface area contributed by atoms with Crippen molar-refractivity contribution in [3.05, 3.63) is 64.2 Å². The smallest absolute Gasteiger partial charge is 0.242 e. The number of halogens is 2. The summed E-state index contributed by atoms with van der Waals surface area (Å²) in [7, 11) is 0. The van der Waals surface area contributed by atoms with E-state index >= 15 is 0 Å². The molecular weight excluding hydrogens is 329 g/mol. The van der Waals surface area contributed by atoms with E-state index in [-0.39, 0.29) is 11.7 Å². The highest BCUT2D eigenvalue weighted by atomic mass is 35.5. The molecule has 6 heteroatoms. The Morgan fingerprint density at radius 3 is 2.88 bits per heavy atom. The Morgan fingerprint density at radius 2 is 2.21 bits per heavy atom. The predicted molar refractivity (Wildman–Crippen MR) is 91.6 cm³/mol. The Bertz CT molecular complexity index is 807. The van der Waals surface area contributed by atoms with Crippen LogP contribution < -0.4 is 0 Å². The molecule has 2 heterocycles. The van der Waals surface area contributed by atoms with Crippen molar-refractivity contribution in [3.8, 4) is 0 Å². The van der Waals surface area contributed by atoms with Gasteiger partial charge in [0.1, 0.15) is 5.82 Å². The Morgan fingerprint density at radius 1 is 1.38 bits per heavy atom. The molecular formula is C18H17ClFN3O. The molecule has 1 amide bonds. The highest BCUT2D eigenvalue weighted by Crippen LogP contribution is 2.20. The van der Waals surface area contributed by atoms with Gasteiger partial charge in [0.25, 0.3) is 0 Å². The van der Waals surface area contributed by atoms with E-state index in [9.17, 15) is 9.18 Å². The summed E-state index contributed by atoms with van der Waals surface area (Å²) in [6.45, 7) is 2.50. The first-order chi connectivity index (χ1) is 11.5. The first kappa shape index (κ1) is 16.6. The van der Waals surface area contributed by atoms with Gasteiger partial charge in [-0.1, -0.05) is 23.7 Å². The van der Waals surface area contributed by atoms with Crippen molar-refractivity contribution in [2.24, 2.45) is 5.10 Å². The fourth-order valence-corrected chi connectivity index (χ4v) is 2.85. The molecule has 1 saturated heterocycles. The van der Waals surface area contributed by atoms with Crippen molar-refractivity contribution in [3.63, 3.8) is 0 Å². The minimum absolute atomic E-state index is 0.00496. The number of pyridine rings is 1. The van der Waals surface area contributed by atoms with E-state index in [1.165, 1.54) is 17.1 Å². The summed E-state index contributed by atoms with van der Waals surface area (Å²) < 4.78 is 13.3. The van der Waals surface area contributed by atoms with Crippen LogP contribution in [0.5, 0.6) is 0 Å². The number of nitrogens with zero attached hydrogens (tertiary/aromatic N) is 3. The van der Waals surface area contributed by atoms with Crippen LogP contribution in [0.1, 0.15) is 29.8 Å². The van der Waals surface area contributed by atoms with Crippen molar-refractivity contribution < 1.29 is 9.18 Å². The number of hydrogen-bond acceptors (Lipinski definition) is 3. The molecule has 0 aliphatic carbocycles. The van der Waals surface area contributed by atoms with Gasteiger partial charge in [0, 0.05) is 30.1 Å². The molecule has 0 bridgehead atoms. The minimum atomic E-state index is -0.384. The number of benzene rings is 1. The van der Waals surface area contributed by atoms with Gasteiger partial charge in [0.15, 0.2) is 0 Å². The van der Waals surface area contributed by atoms with E-state index in [2.05, 4.69) is 10.1 Å². The highest BCUT2D eigenvalue weighted by molar-refractivity contribution is 6.31. The molecule has 1 fully saturated rings. The van der Waals surface area contributed by atoms with Crippen molar-refractivity contribution in [2.45, 2.75) is 26.2 Å². The molecule has 0 atom stereocenters. The fourth-order valence-electron chi connectivity index (χ4n) is 2.61. The van der Waals surface area contributed by atoms with Crippen LogP contribution in [0.15, 0.2) is 41.5 Å². The van der Waals surface area contributed by atoms with Crippen LogP contribution in [0.4, 0.5) is 4.39 Å². The molecule has 3 rings (SSSR count). The topological polar surface area (TPSA) is 45.6 Å². The summed E-state index contributed by atoms with van der Waals surface area (Å²) in [6.07, 6.45) is 1.68. The second kappa shape index (κ2) is 7.09. The lowest BCUT2D eigenvalue weighted by Gasteiger charge is -2.14. The average Bonchev–Trinajstić information content (AvgIpc) is 2.94. The third-order valence-electron chi connectivity index (χ3n) is 3.85. The molecule has 1 aromatic carbocycles. The number of carbonyl (C=O) groups is 1. The summed E-state index contributed by atoms with van der Waals surface area (Å²) in [6, 6.07) is 9.92. The van der Waals surface area contributed by atoms with Crippen LogP contribution in [0.2, 0.25) is 5.02 Å². The predicted octanol–water partition coefficient (Wildman–Crippen LogP) is 3.75. The maximum absolute atomic E-state index is 13.3. The van der Waals surface area contributed by atoms with Gasteiger partial charge < -0.3 is 0 Å². The van der Waals surface area contributed by atoms with Crippen molar-refractivity contribution in [1.82, 2.24) is 9.99 Å². The SMILES string of the molecule is Cc1cccc(C(Cc2ccc(F)cc2Cl)=NN2CCCC2=O)n1. The van der Waals surface area contributed by atoms with Crippen LogP contribution >= 0.6 is 11.6 Å². The number of carbonyl (C=O) groups excluding carboxylic acids is 1. The number of amides is 1. The standard InChI is InChI=1S/C18H17ClFN3O/c1-12-4-2-5-16(21-12)17(22-23-9-3-6-18(23)24)10-13-7-8-14(20)11-15(13)19/h2,4-5,7-8,11H,3,6,9-10H2,1H3. The van der Waals surface area contributed by atoms with Crippen LogP contribution in [0.3, 0.4) is 0 Å². The molecule has 124 valence electrons. The molecule has 1 aliphatic rings. The summed E-state index contributed by atoms with van der Waals surface area (Å²) in [4.78, 5) is 16.4. The normalized spacial score (nSPS) is 15.2. The zero-order valence-corrected chi connectivity index (χ0v) is 14.1. The monoisotopic (exact) mass is 345 g/mol. The van der Waals surface area contributed by atoms with Gasteiger partial charge in [-0.2, -0.15) is 5.10 Å². The number of aromatic nitrogens is 1. The van der Waals surface area contributed by atoms with E-state index in [1.54, 1.807) is 6.07 Å². The molecule has 0 spiro atoms. The summed E-state index contributed by atoms with van der Waals surface area (Å²) >= 11 is 6.14. The van der Waals surface area contributed by atoms with Gasteiger partial charge in [-0.3, -0.25) is 9.78 Å². The Labute approximate surface area is 145 Å². The van der Waals surface area contributed by atoms with E-state index < -0.39 is 0 Å². The number of aryl methyl sites for hydroxylation is 1. The third-order valence-corrected chi connectivity index (χ3v) is 4.20. The fraction of sp³-hybridized carbons (Fsp3) is 0.278. The van der Waals surface area contributed by atoms with Gasteiger partial charge in [-0.15, -0.1) is 0 Å². The van der Waals surface area contributed by atoms with Gasteiger partial charge in [-0.05, 0) is 43.2 Å². The Balaban J connectivity index is 1.98. The summed E-state index contributed by atoms with van der Waals surface area (Å²) in [5, 5.41) is 6.33. The average molecular weight is 346 g/mol. The minimum Gasteiger partial charge on any atom is -0.273 e. The molecule has 1 aliphatic heterocycles. The summed E-state index contributed by atoms with van der Waals surface area (Å²) in [5.41, 5.74) is 2.93. The molecule has 0 N–H and O–H groups in total. The van der Waals surface area contributed by atoms with Crippen LogP contribution in [0.25, 0.3) is 0 Å². The molecule has 1 aromatic heterocycles. The maximum Gasteiger partial charge on any atom is 0.242 e. The van der Waals surface area contributed by atoms with Gasteiger partial charge in [0.2, 0.25) is 5.91 Å². The largest absolute Gasteiger partial charge is 0.273 e. The molecule has 0 radical (unpaired) electrons. The van der Waals surface area contributed by atoms with Gasteiger partial charge >= 0.3 is 0 Å². The van der Waals surface area contributed by atoms with Gasteiger partial charge in [0.05, 0.1) is 11.4 Å². The van der Waals surface area contributed by atoms with Crippen molar-refractivity contribution >= 4 is 23.2 Å². The van der Waals surface area contributed by atoms with Crippen molar-refractivity contribution in [2.75, 3.05) is 6.54 Å². The zero-order chi connectivity index (χ0) is 17.1. The lowest BCUT2D eigenvalue weighted by Crippen LogP contribution is -2.22. The molecule has 0 unspecified atom stereocenters. The number of hydrogen-bond donors (Lipinski definition) is 0. The van der Waals surface area contributed by atoms with Crippen LogP contribution in [-0.4, -0.2) is 28.2 Å².